The average Bonchev–Trinajstić information content (AvgIpc) is 3.03. The van der Waals surface area contributed by atoms with E-state index in [1.165, 1.54) is 22.0 Å². The van der Waals surface area contributed by atoms with Gasteiger partial charge in [-0.3, -0.25) is 0 Å². The van der Waals surface area contributed by atoms with E-state index in [1.54, 1.807) is 0 Å². The Balaban J connectivity index is 1.66. The van der Waals surface area contributed by atoms with Crippen molar-refractivity contribution in [3.05, 3.63) is 35.0 Å². The number of likely N-dealkylation sites (tertiary alicyclic amines) is 1. The first-order chi connectivity index (χ1) is 13.6. The van der Waals surface area contributed by atoms with Gasteiger partial charge in [-0.15, -0.1) is 0 Å². The molecule has 28 heavy (non-hydrogen) atoms. The van der Waals surface area contributed by atoms with E-state index in [9.17, 15) is 4.79 Å². The summed E-state index contributed by atoms with van der Waals surface area (Å²) in [4.78, 5) is 20.4. The number of carbonyl (C=O) groups is 1. The van der Waals surface area contributed by atoms with Gasteiger partial charge in [0.15, 0.2) is 0 Å². The van der Waals surface area contributed by atoms with E-state index >= 15 is 0 Å². The number of H-pyrrole nitrogens is 1. The maximum atomic E-state index is 12.6. The molecule has 2 aromatic rings. The van der Waals surface area contributed by atoms with Gasteiger partial charge in [-0.25, -0.2) is 4.79 Å². The van der Waals surface area contributed by atoms with Gasteiger partial charge in [-0.05, 0) is 63.8 Å². The van der Waals surface area contributed by atoms with Crippen molar-refractivity contribution in [1.82, 2.24) is 20.1 Å². The van der Waals surface area contributed by atoms with Gasteiger partial charge in [0, 0.05) is 48.5 Å². The van der Waals surface area contributed by atoms with Crippen LogP contribution in [0.5, 0.6) is 0 Å². The number of nitrogens with zero attached hydrogens (tertiary/aromatic N) is 2. The summed E-state index contributed by atoms with van der Waals surface area (Å²) in [6.45, 7) is 8.31. The first kappa shape index (κ1) is 18.9. The van der Waals surface area contributed by atoms with Gasteiger partial charge in [0.1, 0.15) is 0 Å². The number of carbonyl (C=O) groups excluding carboxylic acids is 1. The van der Waals surface area contributed by atoms with Gasteiger partial charge in [0.25, 0.3) is 0 Å². The fourth-order valence-electron chi connectivity index (χ4n) is 5.14. The Morgan fingerprint density at radius 2 is 2.14 bits per heavy atom. The van der Waals surface area contributed by atoms with Gasteiger partial charge in [0.2, 0.25) is 0 Å². The molecule has 5 nitrogen and oxygen atoms in total. The van der Waals surface area contributed by atoms with E-state index in [0.29, 0.717) is 12.0 Å². The predicted molar refractivity (Wildman–Crippen MR) is 114 cm³/mol. The standard InChI is InChI=1S/C23H30N4O/c1-5-9-19-18-13-21-17(16-10-8-11-20(25-19)22(16)18)12-15(14-26(21)4)24-23(28)27(6-2)7-3/h8,10-11,15,17,21,25H,6-7,12-14H2,1-4H3,(H,24,28)/t15-,17+,21+/m0/s1. The molecule has 4 rings (SSSR count). The van der Waals surface area contributed by atoms with Gasteiger partial charge in [0.05, 0.1) is 5.69 Å². The number of likely N-dealkylation sites (N-methyl/N-ethyl adjacent to an activating group) is 1. The molecule has 0 saturated carbocycles. The number of urea groups is 1. The van der Waals surface area contributed by atoms with Crippen molar-refractivity contribution in [1.29, 1.82) is 0 Å². The zero-order valence-electron chi connectivity index (χ0n) is 17.3. The zero-order valence-corrected chi connectivity index (χ0v) is 17.3. The number of piperidine rings is 1. The Morgan fingerprint density at radius 3 is 2.86 bits per heavy atom. The Hall–Kier alpha value is -2.45. The van der Waals surface area contributed by atoms with E-state index < -0.39 is 0 Å². The molecular weight excluding hydrogens is 348 g/mol. The van der Waals surface area contributed by atoms with Gasteiger partial charge in [-0.1, -0.05) is 18.1 Å². The van der Waals surface area contributed by atoms with E-state index in [4.69, 9.17) is 0 Å². The molecule has 2 amide bonds. The highest BCUT2D eigenvalue weighted by molar-refractivity contribution is 5.90. The first-order valence-electron chi connectivity index (χ1n) is 10.4. The third-order valence-electron chi connectivity index (χ3n) is 6.48. The minimum absolute atomic E-state index is 0.0544. The summed E-state index contributed by atoms with van der Waals surface area (Å²) in [6, 6.07) is 7.23. The van der Waals surface area contributed by atoms with Crippen LogP contribution in [0.2, 0.25) is 0 Å². The predicted octanol–water partition coefficient (Wildman–Crippen LogP) is 3.30. The van der Waals surface area contributed by atoms with Crippen LogP contribution in [0.3, 0.4) is 0 Å². The van der Waals surface area contributed by atoms with E-state index in [0.717, 1.165) is 38.2 Å². The third kappa shape index (κ3) is 3.06. The first-order valence-corrected chi connectivity index (χ1v) is 10.4. The van der Waals surface area contributed by atoms with Crippen molar-refractivity contribution in [2.24, 2.45) is 0 Å². The maximum Gasteiger partial charge on any atom is 0.317 e. The maximum absolute atomic E-state index is 12.6. The lowest BCUT2D eigenvalue weighted by molar-refractivity contribution is 0.124. The second-order valence-corrected chi connectivity index (χ2v) is 8.00. The van der Waals surface area contributed by atoms with Crippen molar-refractivity contribution in [3.8, 4) is 11.8 Å². The molecule has 1 aromatic carbocycles. The lowest BCUT2D eigenvalue weighted by Crippen LogP contribution is -2.56. The SMILES string of the molecule is CC#Cc1[nH]c2cccc3c2c1C[C@@H]1[C@@H]3C[C@H](NC(=O)N(CC)CC)CN1C. The number of hydrogen-bond donors (Lipinski definition) is 2. The average molecular weight is 379 g/mol. The van der Waals surface area contributed by atoms with Gasteiger partial charge in [-0.2, -0.15) is 0 Å². The largest absolute Gasteiger partial charge is 0.348 e. The number of hydrogen-bond acceptors (Lipinski definition) is 2. The van der Waals surface area contributed by atoms with Crippen LogP contribution in [0.1, 0.15) is 49.9 Å². The zero-order chi connectivity index (χ0) is 19.8. The molecule has 2 aliphatic rings. The highest BCUT2D eigenvalue weighted by Crippen LogP contribution is 2.44. The number of fused-ring (bicyclic) bond motifs is 2. The number of nitrogens with one attached hydrogen (secondary N) is 2. The molecule has 1 aliphatic carbocycles. The summed E-state index contributed by atoms with van der Waals surface area (Å²) in [5, 5.41) is 4.63. The Kier molecular flexibility index (Phi) is 5.07. The van der Waals surface area contributed by atoms with E-state index in [2.05, 4.69) is 52.3 Å². The van der Waals surface area contributed by atoms with Crippen LogP contribution >= 0.6 is 0 Å². The molecule has 3 atom stereocenters. The number of amides is 2. The molecule has 1 saturated heterocycles. The van der Waals surface area contributed by atoms with Crippen molar-refractivity contribution in [2.45, 2.75) is 51.6 Å². The Labute approximate surface area is 167 Å². The second kappa shape index (κ2) is 7.52. The molecule has 0 unspecified atom stereocenters. The molecule has 0 bridgehead atoms. The monoisotopic (exact) mass is 378 g/mol. The summed E-state index contributed by atoms with van der Waals surface area (Å²) < 4.78 is 0. The highest BCUT2D eigenvalue weighted by atomic mass is 16.2. The van der Waals surface area contributed by atoms with Crippen LogP contribution in [0.25, 0.3) is 10.9 Å². The van der Waals surface area contributed by atoms with Crippen molar-refractivity contribution in [2.75, 3.05) is 26.7 Å². The molecular formula is C23H30N4O. The lowest BCUT2D eigenvalue weighted by Gasteiger charge is -2.46. The molecule has 2 N–H and O–H groups in total. The van der Waals surface area contributed by atoms with Crippen molar-refractivity contribution in [3.63, 3.8) is 0 Å². The number of aromatic amines is 1. The minimum Gasteiger partial charge on any atom is -0.348 e. The summed E-state index contributed by atoms with van der Waals surface area (Å²) in [7, 11) is 2.19. The summed E-state index contributed by atoms with van der Waals surface area (Å²) >= 11 is 0. The van der Waals surface area contributed by atoms with Crippen LogP contribution in [-0.4, -0.2) is 59.6 Å². The van der Waals surface area contributed by atoms with Gasteiger partial charge < -0.3 is 20.1 Å². The van der Waals surface area contributed by atoms with Crippen LogP contribution in [0.15, 0.2) is 18.2 Å². The fraction of sp³-hybridized carbons (Fsp3) is 0.522. The Morgan fingerprint density at radius 1 is 1.36 bits per heavy atom. The molecule has 2 heterocycles. The summed E-state index contributed by atoms with van der Waals surface area (Å²) in [5.41, 5.74) is 5.01. The molecule has 1 fully saturated rings. The number of aromatic nitrogens is 1. The van der Waals surface area contributed by atoms with Crippen molar-refractivity contribution >= 4 is 16.9 Å². The van der Waals surface area contributed by atoms with Crippen molar-refractivity contribution < 1.29 is 4.79 Å². The molecule has 0 spiro atoms. The van der Waals surface area contributed by atoms with Crippen LogP contribution in [0.4, 0.5) is 4.79 Å². The highest BCUT2D eigenvalue weighted by Gasteiger charge is 2.40. The second-order valence-electron chi connectivity index (χ2n) is 8.00. The minimum atomic E-state index is 0.0544. The third-order valence-corrected chi connectivity index (χ3v) is 6.48. The normalized spacial score (nSPS) is 23.6. The fourth-order valence-corrected chi connectivity index (χ4v) is 5.14. The van der Waals surface area contributed by atoms with E-state index in [1.807, 2.05) is 25.7 Å². The van der Waals surface area contributed by atoms with Crippen LogP contribution in [-0.2, 0) is 6.42 Å². The number of benzene rings is 1. The molecule has 148 valence electrons. The topological polar surface area (TPSA) is 51.4 Å². The number of rotatable bonds is 3. The molecule has 0 radical (unpaired) electrons. The molecule has 1 aromatic heterocycles. The Bertz CT molecular complexity index is 947. The van der Waals surface area contributed by atoms with Crippen LogP contribution in [0, 0.1) is 11.8 Å². The van der Waals surface area contributed by atoms with E-state index in [-0.39, 0.29) is 12.1 Å². The molecule has 5 heteroatoms. The smallest absolute Gasteiger partial charge is 0.317 e. The van der Waals surface area contributed by atoms with Crippen LogP contribution < -0.4 is 5.32 Å². The van der Waals surface area contributed by atoms with Gasteiger partial charge >= 0.3 is 6.03 Å². The molecule has 1 aliphatic heterocycles. The quantitative estimate of drug-likeness (QED) is 0.805. The lowest BCUT2D eigenvalue weighted by atomic mass is 9.73. The summed E-state index contributed by atoms with van der Waals surface area (Å²) in [6.07, 6.45) is 2.00. The summed E-state index contributed by atoms with van der Waals surface area (Å²) in [5.74, 6) is 6.74.